The normalized spacial score (nSPS) is 11.1. The second-order valence-electron chi connectivity index (χ2n) is 3.52. The van der Waals surface area contributed by atoms with Crippen LogP contribution in [0.25, 0.3) is 0 Å². The molecule has 0 aromatic carbocycles. The lowest BCUT2D eigenvalue weighted by atomic mass is 10.3. The van der Waals surface area contributed by atoms with E-state index in [1.165, 1.54) is 18.1 Å². The average molecular weight is 215 g/mol. The second kappa shape index (κ2) is 7.91. The molecular formula is C10H21NO2Si. The lowest BCUT2D eigenvalue weighted by molar-refractivity contribution is 0.389. The number of hydrogen-bond donors (Lipinski definition) is 0. The van der Waals surface area contributed by atoms with Crippen molar-refractivity contribution < 1.29 is 9.22 Å². The minimum atomic E-state index is -1.42. The Morgan fingerprint density at radius 1 is 1.29 bits per heavy atom. The van der Waals surface area contributed by atoms with Crippen molar-refractivity contribution in [2.45, 2.75) is 44.8 Å². The van der Waals surface area contributed by atoms with Gasteiger partial charge in [-0.1, -0.05) is 20.3 Å². The quantitative estimate of drug-likeness (QED) is 0.270. The van der Waals surface area contributed by atoms with Crippen molar-refractivity contribution >= 4 is 14.4 Å². The summed E-state index contributed by atoms with van der Waals surface area (Å²) >= 11 is 0. The molecule has 0 saturated heterocycles. The summed E-state index contributed by atoms with van der Waals surface area (Å²) in [5, 5.41) is 0. The van der Waals surface area contributed by atoms with Crippen molar-refractivity contribution in [3.63, 3.8) is 0 Å². The lowest BCUT2D eigenvalue weighted by Crippen LogP contribution is -2.35. The summed E-state index contributed by atoms with van der Waals surface area (Å²) in [7, 11) is 0.418. The number of carbonyl (C=O) groups excluding carboxylic acids is 1. The van der Waals surface area contributed by atoms with E-state index in [4.69, 9.17) is 4.43 Å². The predicted octanol–water partition coefficient (Wildman–Crippen LogP) is 2.73. The molecule has 0 spiro atoms. The fraction of sp³-hybridized carbons (Fsp3) is 0.900. The van der Waals surface area contributed by atoms with E-state index < -0.39 is 8.32 Å². The van der Waals surface area contributed by atoms with Gasteiger partial charge in [0.05, 0.1) is 6.54 Å². The Bertz CT molecular complexity index is 178. The highest BCUT2D eigenvalue weighted by molar-refractivity contribution is 6.73. The molecule has 0 radical (unpaired) electrons. The second-order valence-corrected chi connectivity index (χ2v) is 8.21. The third-order valence-corrected chi connectivity index (χ3v) is 7.65. The standard InChI is InChI=1S/C10H21NO2Si/c1-4-14(5-2,13-3)9-7-6-8-11-10-12/h4-9H2,1-3H3. The maximum absolute atomic E-state index is 9.83. The molecule has 0 aliphatic carbocycles. The van der Waals surface area contributed by atoms with E-state index in [0.29, 0.717) is 6.54 Å². The Labute approximate surface area is 87.7 Å². The van der Waals surface area contributed by atoms with Gasteiger partial charge in [0.15, 0.2) is 8.32 Å². The highest BCUT2D eigenvalue weighted by Gasteiger charge is 2.28. The van der Waals surface area contributed by atoms with Crippen LogP contribution >= 0.6 is 0 Å². The molecule has 82 valence electrons. The van der Waals surface area contributed by atoms with Gasteiger partial charge in [0.25, 0.3) is 0 Å². The molecule has 0 fully saturated rings. The van der Waals surface area contributed by atoms with Crippen molar-refractivity contribution in [3.8, 4) is 0 Å². The summed E-state index contributed by atoms with van der Waals surface area (Å²) in [6.07, 6.45) is 3.66. The molecule has 14 heavy (non-hydrogen) atoms. The number of unbranched alkanes of at least 4 members (excludes halogenated alkanes) is 1. The monoisotopic (exact) mass is 215 g/mol. The van der Waals surface area contributed by atoms with Crippen LogP contribution < -0.4 is 0 Å². The highest BCUT2D eigenvalue weighted by atomic mass is 28.4. The smallest absolute Gasteiger partial charge is 0.234 e. The van der Waals surface area contributed by atoms with Crippen LogP contribution in [-0.4, -0.2) is 28.1 Å². The van der Waals surface area contributed by atoms with Gasteiger partial charge in [-0.2, -0.15) is 0 Å². The van der Waals surface area contributed by atoms with Crippen LogP contribution in [0.15, 0.2) is 4.99 Å². The first-order valence-electron chi connectivity index (χ1n) is 5.33. The molecule has 0 heterocycles. The molecule has 0 atom stereocenters. The van der Waals surface area contributed by atoms with E-state index in [1.54, 1.807) is 6.08 Å². The lowest BCUT2D eigenvalue weighted by Gasteiger charge is -2.26. The van der Waals surface area contributed by atoms with Gasteiger partial charge < -0.3 is 4.43 Å². The Morgan fingerprint density at radius 3 is 2.36 bits per heavy atom. The molecule has 0 aromatic heterocycles. The van der Waals surface area contributed by atoms with Crippen molar-refractivity contribution in [3.05, 3.63) is 0 Å². The zero-order valence-electron chi connectivity index (χ0n) is 9.51. The molecule has 0 N–H and O–H groups in total. The minimum absolute atomic E-state index is 0.616. The fourth-order valence-electron chi connectivity index (χ4n) is 1.68. The fourth-order valence-corrected chi connectivity index (χ4v) is 4.56. The zero-order valence-corrected chi connectivity index (χ0v) is 10.5. The van der Waals surface area contributed by atoms with Gasteiger partial charge in [-0.15, -0.1) is 0 Å². The summed E-state index contributed by atoms with van der Waals surface area (Å²) in [4.78, 5) is 13.4. The summed E-state index contributed by atoms with van der Waals surface area (Å²) in [6.45, 7) is 5.04. The topological polar surface area (TPSA) is 38.7 Å². The number of aliphatic imine (C=N–C) groups is 1. The van der Waals surface area contributed by atoms with Gasteiger partial charge >= 0.3 is 0 Å². The SMILES string of the molecule is CC[Si](CC)(CCCCN=C=O)OC. The maximum atomic E-state index is 9.83. The summed E-state index contributed by atoms with van der Waals surface area (Å²) in [6, 6.07) is 3.54. The van der Waals surface area contributed by atoms with Gasteiger partial charge in [0, 0.05) is 7.11 Å². The zero-order chi connectivity index (χ0) is 10.9. The van der Waals surface area contributed by atoms with Crippen LogP contribution in [0.3, 0.4) is 0 Å². The van der Waals surface area contributed by atoms with Crippen LogP contribution in [0.2, 0.25) is 18.1 Å². The van der Waals surface area contributed by atoms with Gasteiger partial charge in [-0.05, 0) is 24.6 Å². The number of nitrogens with zero attached hydrogens (tertiary/aromatic N) is 1. The molecule has 0 rings (SSSR count). The van der Waals surface area contributed by atoms with Gasteiger partial charge in [-0.3, -0.25) is 0 Å². The largest absolute Gasteiger partial charge is 0.420 e. The number of isocyanates is 1. The van der Waals surface area contributed by atoms with Crippen LogP contribution in [0, 0.1) is 0 Å². The van der Waals surface area contributed by atoms with Crippen LogP contribution in [0.1, 0.15) is 26.7 Å². The number of rotatable bonds is 8. The molecule has 0 unspecified atom stereocenters. The highest BCUT2D eigenvalue weighted by Crippen LogP contribution is 2.23. The maximum Gasteiger partial charge on any atom is 0.234 e. The molecule has 0 amide bonds. The molecule has 3 nitrogen and oxygen atoms in total. The van der Waals surface area contributed by atoms with E-state index in [2.05, 4.69) is 18.8 Å². The van der Waals surface area contributed by atoms with E-state index in [9.17, 15) is 4.79 Å². The number of hydrogen-bond acceptors (Lipinski definition) is 3. The van der Waals surface area contributed by atoms with E-state index in [1.807, 2.05) is 7.11 Å². The van der Waals surface area contributed by atoms with E-state index >= 15 is 0 Å². The Kier molecular flexibility index (Phi) is 7.66. The van der Waals surface area contributed by atoms with Gasteiger partial charge in [0.1, 0.15) is 0 Å². The first-order valence-corrected chi connectivity index (χ1v) is 7.86. The predicted molar refractivity (Wildman–Crippen MR) is 60.8 cm³/mol. The van der Waals surface area contributed by atoms with Crippen LogP contribution in [0.4, 0.5) is 0 Å². The van der Waals surface area contributed by atoms with Crippen molar-refractivity contribution in [2.75, 3.05) is 13.7 Å². The molecule has 0 aliphatic heterocycles. The first-order chi connectivity index (χ1) is 6.74. The third kappa shape index (κ3) is 4.70. The van der Waals surface area contributed by atoms with E-state index in [0.717, 1.165) is 12.8 Å². The summed E-state index contributed by atoms with van der Waals surface area (Å²) in [5.41, 5.74) is 0. The minimum Gasteiger partial charge on any atom is -0.420 e. The van der Waals surface area contributed by atoms with Crippen molar-refractivity contribution in [2.24, 2.45) is 4.99 Å². The molecular weight excluding hydrogens is 194 g/mol. The first kappa shape index (κ1) is 13.6. The van der Waals surface area contributed by atoms with Crippen LogP contribution in [-0.2, 0) is 9.22 Å². The van der Waals surface area contributed by atoms with Crippen molar-refractivity contribution in [1.29, 1.82) is 0 Å². The molecule has 0 aromatic rings. The molecule has 4 heteroatoms. The van der Waals surface area contributed by atoms with Crippen LogP contribution in [0.5, 0.6) is 0 Å². The van der Waals surface area contributed by atoms with Gasteiger partial charge in [-0.25, -0.2) is 9.79 Å². The van der Waals surface area contributed by atoms with E-state index in [-0.39, 0.29) is 0 Å². The summed E-state index contributed by atoms with van der Waals surface area (Å²) < 4.78 is 5.67. The van der Waals surface area contributed by atoms with Crippen molar-refractivity contribution in [1.82, 2.24) is 0 Å². The third-order valence-electron chi connectivity index (χ3n) is 2.94. The van der Waals surface area contributed by atoms with Gasteiger partial charge in [0.2, 0.25) is 6.08 Å². The molecule has 0 aliphatic rings. The molecule has 0 bridgehead atoms. The average Bonchev–Trinajstić information content (AvgIpc) is 2.24. The Morgan fingerprint density at radius 2 is 1.93 bits per heavy atom. The molecule has 0 saturated carbocycles. The Balaban J connectivity index is 3.76. The summed E-state index contributed by atoms with van der Waals surface area (Å²) in [5.74, 6) is 0. The Hall–Kier alpha value is -0.443.